The van der Waals surface area contributed by atoms with Gasteiger partial charge in [-0.3, -0.25) is 4.79 Å². The number of rotatable bonds is 8. The Kier molecular flexibility index (Phi) is 7.95. The van der Waals surface area contributed by atoms with Crippen molar-refractivity contribution >= 4 is 35.3 Å². The second-order valence-electron chi connectivity index (χ2n) is 6.01. The predicted molar refractivity (Wildman–Crippen MR) is 107 cm³/mol. The molecule has 2 rings (SSSR count). The van der Waals surface area contributed by atoms with Gasteiger partial charge in [0.1, 0.15) is 5.75 Å². The van der Waals surface area contributed by atoms with Crippen molar-refractivity contribution in [3.8, 4) is 5.75 Å². The number of carbonyl (C=O) groups excluding carboxylic acids is 1. The van der Waals surface area contributed by atoms with Crippen molar-refractivity contribution in [3.63, 3.8) is 0 Å². The van der Waals surface area contributed by atoms with Gasteiger partial charge < -0.3 is 4.74 Å². The second kappa shape index (κ2) is 10.2. The topological polar surface area (TPSA) is 50.7 Å². The molecule has 0 spiro atoms. The van der Waals surface area contributed by atoms with Crippen LogP contribution in [0.5, 0.6) is 5.75 Å². The van der Waals surface area contributed by atoms with E-state index in [0.29, 0.717) is 27.3 Å². The van der Waals surface area contributed by atoms with E-state index in [-0.39, 0.29) is 12.5 Å². The quantitative estimate of drug-likeness (QED) is 0.481. The Morgan fingerprint density at radius 1 is 1.23 bits per heavy atom. The number of amides is 1. The van der Waals surface area contributed by atoms with Crippen molar-refractivity contribution in [2.45, 2.75) is 32.6 Å². The third-order valence-electron chi connectivity index (χ3n) is 3.90. The molecule has 1 amide bonds. The molecule has 0 heterocycles. The minimum atomic E-state index is -0.352. The summed E-state index contributed by atoms with van der Waals surface area (Å²) in [6.45, 7) is 4.27. The number of ether oxygens (including phenoxy) is 1. The van der Waals surface area contributed by atoms with Gasteiger partial charge in [0.2, 0.25) is 0 Å². The van der Waals surface area contributed by atoms with Gasteiger partial charge in [-0.15, -0.1) is 0 Å². The molecular formula is C20H22Cl2N2O2. The second-order valence-corrected chi connectivity index (χ2v) is 6.85. The summed E-state index contributed by atoms with van der Waals surface area (Å²) < 4.78 is 5.48. The first-order valence-electron chi connectivity index (χ1n) is 8.49. The van der Waals surface area contributed by atoms with E-state index in [1.165, 1.54) is 11.8 Å². The SMILES string of the molecule is CCC[C@@H](C)c1ccc(OCC(=O)N/N=C\c2ccc(Cl)cc2Cl)cc1. The van der Waals surface area contributed by atoms with E-state index < -0.39 is 0 Å². The fourth-order valence-electron chi connectivity index (χ4n) is 2.45. The molecule has 26 heavy (non-hydrogen) atoms. The summed E-state index contributed by atoms with van der Waals surface area (Å²) in [5.74, 6) is 0.818. The molecule has 138 valence electrons. The zero-order valence-electron chi connectivity index (χ0n) is 14.8. The number of hydrogen-bond donors (Lipinski definition) is 1. The number of carbonyl (C=O) groups is 1. The first kappa shape index (κ1) is 20.3. The third-order valence-corrected chi connectivity index (χ3v) is 4.46. The highest BCUT2D eigenvalue weighted by molar-refractivity contribution is 6.36. The fraction of sp³-hybridized carbons (Fsp3) is 0.300. The lowest BCUT2D eigenvalue weighted by molar-refractivity contribution is -0.123. The van der Waals surface area contributed by atoms with Crippen LogP contribution in [-0.2, 0) is 4.79 Å². The van der Waals surface area contributed by atoms with E-state index in [4.69, 9.17) is 27.9 Å². The van der Waals surface area contributed by atoms with Gasteiger partial charge in [0.15, 0.2) is 6.61 Å². The monoisotopic (exact) mass is 392 g/mol. The molecule has 2 aromatic carbocycles. The maximum atomic E-state index is 11.8. The Bertz CT molecular complexity index is 761. The van der Waals surface area contributed by atoms with E-state index in [0.717, 1.165) is 12.8 Å². The molecule has 6 heteroatoms. The highest BCUT2D eigenvalue weighted by Gasteiger charge is 2.06. The fourth-order valence-corrected chi connectivity index (χ4v) is 2.91. The lowest BCUT2D eigenvalue weighted by Gasteiger charge is -2.11. The van der Waals surface area contributed by atoms with Crippen LogP contribution in [0, 0.1) is 0 Å². The molecule has 0 bridgehead atoms. The van der Waals surface area contributed by atoms with Crippen molar-refractivity contribution in [2.75, 3.05) is 6.61 Å². The summed E-state index contributed by atoms with van der Waals surface area (Å²) in [5, 5.41) is 4.87. The van der Waals surface area contributed by atoms with Gasteiger partial charge in [0, 0.05) is 10.6 Å². The van der Waals surface area contributed by atoms with Crippen molar-refractivity contribution in [1.29, 1.82) is 0 Å². The number of hydrogen-bond acceptors (Lipinski definition) is 3. The summed E-state index contributed by atoms with van der Waals surface area (Å²) in [5.41, 5.74) is 4.34. The maximum Gasteiger partial charge on any atom is 0.277 e. The summed E-state index contributed by atoms with van der Waals surface area (Å²) in [6, 6.07) is 12.9. The van der Waals surface area contributed by atoms with Gasteiger partial charge in [0.05, 0.1) is 11.2 Å². The summed E-state index contributed by atoms with van der Waals surface area (Å²) in [4.78, 5) is 11.8. The first-order valence-corrected chi connectivity index (χ1v) is 9.25. The Hall–Kier alpha value is -2.04. The molecule has 0 saturated heterocycles. The Labute approximate surface area is 164 Å². The molecule has 1 N–H and O–H groups in total. The van der Waals surface area contributed by atoms with E-state index in [1.807, 2.05) is 24.3 Å². The zero-order chi connectivity index (χ0) is 18.9. The van der Waals surface area contributed by atoms with Crippen LogP contribution in [-0.4, -0.2) is 18.7 Å². The molecule has 1 atom stereocenters. The van der Waals surface area contributed by atoms with Gasteiger partial charge in [-0.25, -0.2) is 5.43 Å². The molecule has 0 aliphatic heterocycles. The minimum absolute atomic E-state index is 0.116. The number of halogens is 2. The highest BCUT2D eigenvalue weighted by atomic mass is 35.5. The molecule has 0 radical (unpaired) electrons. The highest BCUT2D eigenvalue weighted by Crippen LogP contribution is 2.23. The minimum Gasteiger partial charge on any atom is -0.484 e. The summed E-state index contributed by atoms with van der Waals surface area (Å²) >= 11 is 11.9. The van der Waals surface area contributed by atoms with E-state index in [9.17, 15) is 4.79 Å². The molecule has 0 unspecified atom stereocenters. The summed E-state index contributed by atoms with van der Waals surface area (Å²) in [6.07, 6.45) is 3.76. The largest absolute Gasteiger partial charge is 0.484 e. The van der Waals surface area contributed by atoms with Crippen LogP contribution in [0.2, 0.25) is 10.0 Å². The lowest BCUT2D eigenvalue weighted by Crippen LogP contribution is -2.24. The average Bonchev–Trinajstić information content (AvgIpc) is 2.62. The van der Waals surface area contributed by atoms with Crippen LogP contribution in [0.25, 0.3) is 0 Å². The van der Waals surface area contributed by atoms with Gasteiger partial charge in [-0.05, 0) is 42.2 Å². The number of hydrazone groups is 1. The van der Waals surface area contributed by atoms with Crippen LogP contribution >= 0.6 is 23.2 Å². The van der Waals surface area contributed by atoms with Crippen LogP contribution in [0.1, 0.15) is 43.7 Å². The predicted octanol–water partition coefficient (Wildman–Crippen LogP) is 5.43. The molecule has 2 aromatic rings. The van der Waals surface area contributed by atoms with Crippen molar-refractivity contribution < 1.29 is 9.53 Å². The Morgan fingerprint density at radius 3 is 2.62 bits per heavy atom. The van der Waals surface area contributed by atoms with Gasteiger partial charge >= 0.3 is 0 Å². The molecule has 0 saturated carbocycles. The van der Waals surface area contributed by atoms with Crippen LogP contribution in [0.3, 0.4) is 0 Å². The normalized spacial score (nSPS) is 12.2. The van der Waals surface area contributed by atoms with Crippen LogP contribution in [0.4, 0.5) is 0 Å². The van der Waals surface area contributed by atoms with Gasteiger partial charge in [-0.1, -0.05) is 61.7 Å². The molecule has 0 aliphatic carbocycles. The number of nitrogens with one attached hydrogen (secondary N) is 1. The Balaban J connectivity index is 1.80. The molecule has 0 aromatic heterocycles. The summed E-state index contributed by atoms with van der Waals surface area (Å²) in [7, 11) is 0. The molecule has 4 nitrogen and oxygen atoms in total. The first-order chi connectivity index (χ1) is 12.5. The lowest BCUT2D eigenvalue weighted by atomic mass is 9.97. The average molecular weight is 393 g/mol. The molecule has 0 aliphatic rings. The Morgan fingerprint density at radius 2 is 1.96 bits per heavy atom. The van der Waals surface area contributed by atoms with E-state index in [1.54, 1.807) is 18.2 Å². The van der Waals surface area contributed by atoms with E-state index >= 15 is 0 Å². The molecule has 0 fully saturated rings. The van der Waals surface area contributed by atoms with Gasteiger partial charge in [-0.2, -0.15) is 5.10 Å². The van der Waals surface area contributed by atoms with Gasteiger partial charge in [0.25, 0.3) is 5.91 Å². The van der Waals surface area contributed by atoms with Crippen molar-refractivity contribution in [1.82, 2.24) is 5.43 Å². The van der Waals surface area contributed by atoms with Crippen molar-refractivity contribution in [2.24, 2.45) is 5.10 Å². The molecular weight excluding hydrogens is 371 g/mol. The van der Waals surface area contributed by atoms with Crippen LogP contribution < -0.4 is 10.2 Å². The number of nitrogens with zero attached hydrogens (tertiary/aromatic N) is 1. The van der Waals surface area contributed by atoms with Crippen LogP contribution in [0.15, 0.2) is 47.6 Å². The van der Waals surface area contributed by atoms with Crippen molar-refractivity contribution in [3.05, 3.63) is 63.6 Å². The third kappa shape index (κ3) is 6.36. The van der Waals surface area contributed by atoms with E-state index in [2.05, 4.69) is 24.4 Å². The maximum absolute atomic E-state index is 11.8. The number of benzene rings is 2. The zero-order valence-corrected chi connectivity index (χ0v) is 16.3. The smallest absolute Gasteiger partial charge is 0.277 e. The standard InChI is InChI=1S/C20H22Cl2N2O2/c1-3-4-14(2)15-6-9-18(10-7-15)26-13-20(25)24-23-12-16-5-8-17(21)11-19(16)22/h5-12,14H,3-4,13H2,1-2H3,(H,24,25)/b23-12-/t14-/m1/s1.